The Morgan fingerprint density at radius 3 is 3.05 bits per heavy atom. The third kappa shape index (κ3) is 2.48. The Bertz CT molecular complexity index is 554. The lowest BCUT2D eigenvalue weighted by atomic mass is 9.85. The average molecular weight is 262 g/mol. The molecule has 1 fully saturated rings. The van der Waals surface area contributed by atoms with Crippen molar-refractivity contribution in [2.24, 2.45) is 5.41 Å². The SMILES string of the molecule is Cc1cc(C#N)nc(NC2COCC2(C)C(=O)O)n1. The number of aryl methyl sites for hydroxylation is 1. The first-order valence-corrected chi connectivity index (χ1v) is 5.79. The molecule has 7 nitrogen and oxygen atoms in total. The van der Waals surface area contributed by atoms with E-state index in [0.29, 0.717) is 5.69 Å². The van der Waals surface area contributed by atoms with Gasteiger partial charge in [-0.15, -0.1) is 0 Å². The van der Waals surface area contributed by atoms with Gasteiger partial charge in [-0.05, 0) is 19.9 Å². The lowest BCUT2D eigenvalue weighted by Crippen LogP contribution is -2.43. The van der Waals surface area contributed by atoms with Crippen LogP contribution in [0, 0.1) is 23.7 Å². The number of rotatable bonds is 3. The van der Waals surface area contributed by atoms with Crippen LogP contribution < -0.4 is 5.32 Å². The van der Waals surface area contributed by atoms with Crippen molar-refractivity contribution in [3.05, 3.63) is 17.5 Å². The third-order valence-corrected chi connectivity index (χ3v) is 3.22. The van der Waals surface area contributed by atoms with E-state index in [1.807, 2.05) is 6.07 Å². The van der Waals surface area contributed by atoms with E-state index in [9.17, 15) is 9.90 Å². The first-order valence-electron chi connectivity index (χ1n) is 5.79. The fourth-order valence-electron chi connectivity index (χ4n) is 1.93. The van der Waals surface area contributed by atoms with Crippen molar-refractivity contribution in [3.63, 3.8) is 0 Å². The van der Waals surface area contributed by atoms with Crippen LogP contribution in [0.15, 0.2) is 6.07 Å². The minimum Gasteiger partial charge on any atom is -0.481 e. The standard InChI is InChI=1S/C12H14N4O3/c1-7-3-8(4-13)15-11(14-7)16-9-5-19-6-12(9,2)10(17)18/h3,9H,5-6H2,1-2H3,(H,17,18)(H,14,15,16). The van der Waals surface area contributed by atoms with E-state index in [1.54, 1.807) is 19.9 Å². The van der Waals surface area contributed by atoms with Crippen molar-refractivity contribution >= 4 is 11.9 Å². The third-order valence-electron chi connectivity index (χ3n) is 3.22. The highest BCUT2D eigenvalue weighted by molar-refractivity contribution is 5.76. The minimum absolute atomic E-state index is 0.136. The molecule has 2 N–H and O–H groups in total. The zero-order chi connectivity index (χ0) is 14.0. The van der Waals surface area contributed by atoms with Crippen LogP contribution in [0.3, 0.4) is 0 Å². The van der Waals surface area contributed by atoms with Crippen LogP contribution in [-0.2, 0) is 9.53 Å². The van der Waals surface area contributed by atoms with Crippen molar-refractivity contribution in [3.8, 4) is 6.07 Å². The number of ether oxygens (including phenoxy) is 1. The van der Waals surface area contributed by atoms with E-state index < -0.39 is 17.4 Å². The second-order valence-corrected chi connectivity index (χ2v) is 4.76. The molecule has 0 aromatic carbocycles. The highest BCUT2D eigenvalue weighted by Crippen LogP contribution is 2.30. The number of anilines is 1. The largest absolute Gasteiger partial charge is 0.481 e. The summed E-state index contributed by atoms with van der Waals surface area (Å²) in [6, 6.07) is 3.07. The molecule has 7 heteroatoms. The normalized spacial score (nSPS) is 25.8. The fourth-order valence-corrected chi connectivity index (χ4v) is 1.93. The second kappa shape index (κ2) is 4.82. The molecule has 2 rings (SSSR count). The van der Waals surface area contributed by atoms with Gasteiger partial charge in [0, 0.05) is 5.69 Å². The van der Waals surface area contributed by atoms with E-state index in [0.717, 1.165) is 0 Å². The molecule has 0 amide bonds. The summed E-state index contributed by atoms with van der Waals surface area (Å²) in [6.07, 6.45) is 0. The van der Waals surface area contributed by atoms with Gasteiger partial charge in [-0.25, -0.2) is 9.97 Å². The van der Waals surface area contributed by atoms with Crippen molar-refractivity contribution in [2.45, 2.75) is 19.9 Å². The topological polar surface area (TPSA) is 108 Å². The Kier molecular flexibility index (Phi) is 3.36. The van der Waals surface area contributed by atoms with E-state index >= 15 is 0 Å². The van der Waals surface area contributed by atoms with Crippen LogP contribution >= 0.6 is 0 Å². The van der Waals surface area contributed by atoms with Gasteiger partial charge >= 0.3 is 5.97 Å². The summed E-state index contributed by atoms with van der Waals surface area (Å²) in [7, 11) is 0. The van der Waals surface area contributed by atoms with Crippen molar-refractivity contribution in [1.29, 1.82) is 5.26 Å². The number of aliphatic carboxylic acids is 1. The Hall–Kier alpha value is -2.20. The van der Waals surface area contributed by atoms with Crippen LogP contribution in [0.5, 0.6) is 0 Å². The summed E-state index contributed by atoms with van der Waals surface area (Å²) in [5, 5.41) is 21.1. The molecule has 19 heavy (non-hydrogen) atoms. The van der Waals surface area contributed by atoms with Gasteiger partial charge in [-0.1, -0.05) is 0 Å². The molecule has 0 saturated carbocycles. The zero-order valence-corrected chi connectivity index (χ0v) is 10.7. The van der Waals surface area contributed by atoms with Gasteiger partial charge in [-0.2, -0.15) is 5.26 Å². The van der Waals surface area contributed by atoms with Crippen LogP contribution in [0.4, 0.5) is 5.95 Å². The van der Waals surface area contributed by atoms with E-state index in [4.69, 9.17) is 10.00 Å². The number of carbonyl (C=O) groups is 1. The quantitative estimate of drug-likeness (QED) is 0.819. The Labute approximate surface area is 110 Å². The molecule has 100 valence electrons. The van der Waals surface area contributed by atoms with Gasteiger partial charge in [-0.3, -0.25) is 4.79 Å². The molecule has 0 radical (unpaired) electrons. The molecule has 2 atom stereocenters. The molecule has 0 aliphatic carbocycles. The van der Waals surface area contributed by atoms with Gasteiger partial charge < -0.3 is 15.2 Å². The molecule has 2 unspecified atom stereocenters. The van der Waals surface area contributed by atoms with Gasteiger partial charge in [0.05, 0.1) is 19.3 Å². The number of nitrogens with one attached hydrogen (secondary N) is 1. The molecule has 1 aliphatic heterocycles. The Morgan fingerprint density at radius 2 is 2.42 bits per heavy atom. The highest BCUT2D eigenvalue weighted by Gasteiger charge is 2.47. The first kappa shape index (κ1) is 13.2. The summed E-state index contributed by atoms with van der Waals surface area (Å²) in [6.45, 7) is 3.76. The molecule has 0 spiro atoms. The van der Waals surface area contributed by atoms with Gasteiger partial charge in [0.25, 0.3) is 0 Å². The van der Waals surface area contributed by atoms with Crippen LogP contribution in [-0.4, -0.2) is 40.3 Å². The monoisotopic (exact) mass is 262 g/mol. The number of carboxylic acid groups (broad SMARTS) is 1. The summed E-state index contributed by atoms with van der Waals surface area (Å²) >= 11 is 0. The number of nitriles is 1. The highest BCUT2D eigenvalue weighted by atomic mass is 16.5. The van der Waals surface area contributed by atoms with E-state index in [-0.39, 0.29) is 24.9 Å². The molecule has 1 aromatic rings. The first-order chi connectivity index (χ1) is 8.95. The number of carboxylic acids is 1. The van der Waals surface area contributed by atoms with E-state index in [1.165, 1.54) is 0 Å². The van der Waals surface area contributed by atoms with Crippen molar-refractivity contribution < 1.29 is 14.6 Å². The second-order valence-electron chi connectivity index (χ2n) is 4.76. The lowest BCUT2D eigenvalue weighted by molar-refractivity contribution is -0.148. The Morgan fingerprint density at radius 1 is 1.68 bits per heavy atom. The maximum atomic E-state index is 11.3. The molecule has 0 bridgehead atoms. The number of nitrogens with zero attached hydrogens (tertiary/aromatic N) is 3. The molecular formula is C12H14N4O3. The van der Waals surface area contributed by atoms with E-state index in [2.05, 4.69) is 15.3 Å². The fraction of sp³-hybridized carbons (Fsp3) is 0.500. The molecule has 1 aliphatic rings. The molecule has 1 aromatic heterocycles. The summed E-state index contributed by atoms with van der Waals surface area (Å²) in [5.41, 5.74) is -0.143. The van der Waals surface area contributed by atoms with Gasteiger partial charge in [0.2, 0.25) is 5.95 Å². The van der Waals surface area contributed by atoms with Crippen LogP contribution in [0.1, 0.15) is 18.3 Å². The average Bonchev–Trinajstić information content (AvgIpc) is 2.71. The van der Waals surface area contributed by atoms with Crippen molar-refractivity contribution in [2.75, 3.05) is 18.5 Å². The summed E-state index contributed by atoms with van der Waals surface area (Å²) in [5.74, 6) is -0.685. The van der Waals surface area contributed by atoms with Gasteiger partial charge in [0.1, 0.15) is 17.2 Å². The predicted molar refractivity (Wildman–Crippen MR) is 65.5 cm³/mol. The Balaban J connectivity index is 2.24. The minimum atomic E-state index is -1.03. The zero-order valence-electron chi connectivity index (χ0n) is 10.7. The van der Waals surface area contributed by atoms with Gasteiger partial charge in [0.15, 0.2) is 0 Å². The molecular weight excluding hydrogens is 248 g/mol. The number of aromatic nitrogens is 2. The molecule has 2 heterocycles. The van der Waals surface area contributed by atoms with Crippen molar-refractivity contribution in [1.82, 2.24) is 9.97 Å². The van der Waals surface area contributed by atoms with Crippen LogP contribution in [0.2, 0.25) is 0 Å². The van der Waals surface area contributed by atoms with Crippen LogP contribution in [0.25, 0.3) is 0 Å². The maximum Gasteiger partial charge on any atom is 0.313 e. The maximum absolute atomic E-state index is 11.3. The predicted octanol–water partition coefficient (Wildman–Crippen LogP) is 0.558. The number of hydrogen-bond acceptors (Lipinski definition) is 6. The smallest absolute Gasteiger partial charge is 0.313 e. The molecule has 1 saturated heterocycles. The number of hydrogen-bond donors (Lipinski definition) is 2. The summed E-state index contributed by atoms with van der Waals surface area (Å²) < 4.78 is 5.23. The lowest BCUT2D eigenvalue weighted by Gasteiger charge is -2.25. The summed E-state index contributed by atoms with van der Waals surface area (Å²) in [4.78, 5) is 19.5.